The number of rotatable bonds is 13. The van der Waals surface area contributed by atoms with Crippen molar-refractivity contribution in [2.75, 3.05) is 24.5 Å². The molecule has 8 nitrogen and oxygen atoms in total. The maximum atomic E-state index is 14.0. The average Bonchev–Trinajstić information content (AvgIpc) is 2.97. The Hall–Kier alpha value is -3.85. The molecule has 0 aliphatic rings. The second-order valence-corrected chi connectivity index (χ2v) is 11.9. The second-order valence-electron chi connectivity index (χ2n) is 9.99. The molecule has 9 heteroatoms. The molecule has 214 valence electrons. The SMILES string of the molecule is CCc1ccccc1N(CC(=O)N(Cc1ccc(OC)cc1)[C@H](C)C(=O)NCC(C)C)S(=O)(=O)c1ccccc1. The number of carbonyl (C=O) groups is 2. The molecule has 3 rings (SSSR count). The lowest BCUT2D eigenvalue weighted by molar-refractivity contribution is -0.139. The van der Waals surface area contributed by atoms with Gasteiger partial charge in [-0.1, -0.05) is 69.3 Å². The van der Waals surface area contributed by atoms with E-state index in [2.05, 4.69) is 5.32 Å². The van der Waals surface area contributed by atoms with Crippen LogP contribution in [0.25, 0.3) is 0 Å². The van der Waals surface area contributed by atoms with Crippen molar-refractivity contribution in [2.45, 2.75) is 51.6 Å². The molecule has 40 heavy (non-hydrogen) atoms. The van der Waals surface area contributed by atoms with E-state index in [1.165, 1.54) is 17.0 Å². The molecule has 3 aromatic rings. The summed E-state index contributed by atoms with van der Waals surface area (Å²) in [6.45, 7) is 7.69. The third-order valence-electron chi connectivity index (χ3n) is 6.62. The van der Waals surface area contributed by atoms with Crippen molar-refractivity contribution < 1.29 is 22.7 Å². The number of benzene rings is 3. The molecule has 0 aliphatic heterocycles. The summed E-state index contributed by atoms with van der Waals surface area (Å²) in [4.78, 5) is 28.6. The number of methoxy groups -OCH3 is 1. The van der Waals surface area contributed by atoms with Crippen LogP contribution in [0.2, 0.25) is 0 Å². The molecule has 2 amide bonds. The first-order valence-electron chi connectivity index (χ1n) is 13.4. The number of carbonyl (C=O) groups excluding carboxylic acids is 2. The summed E-state index contributed by atoms with van der Waals surface area (Å²) in [5.41, 5.74) is 2.01. The molecule has 0 bridgehead atoms. The van der Waals surface area contributed by atoms with Crippen molar-refractivity contribution in [2.24, 2.45) is 5.92 Å². The van der Waals surface area contributed by atoms with E-state index in [-0.39, 0.29) is 23.3 Å². The number of para-hydroxylation sites is 1. The first-order valence-corrected chi connectivity index (χ1v) is 14.9. The molecule has 0 saturated carbocycles. The van der Waals surface area contributed by atoms with Crippen molar-refractivity contribution in [3.63, 3.8) is 0 Å². The number of nitrogens with zero attached hydrogens (tertiary/aromatic N) is 2. The summed E-state index contributed by atoms with van der Waals surface area (Å²) < 4.78 is 34.3. The fourth-order valence-electron chi connectivity index (χ4n) is 4.25. The fourth-order valence-corrected chi connectivity index (χ4v) is 5.72. The second kappa shape index (κ2) is 14.0. The van der Waals surface area contributed by atoms with Gasteiger partial charge >= 0.3 is 0 Å². The minimum absolute atomic E-state index is 0.0816. The van der Waals surface area contributed by atoms with Gasteiger partial charge < -0.3 is 15.0 Å². The first kappa shape index (κ1) is 30.7. The minimum atomic E-state index is -4.10. The van der Waals surface area contributed by atoms with Gasteiger partial charge in [0.25, 0.3) is 10.0 Å². The lowest BCUT2D eigenvalue weighted by Crippen LogP contribution is -2.51. The maximum absolute atomic E-state index is 14.0. The Bertz CT molecular complexity index is 1380. The number of ether oxygens (including phenoxy) is 1. The number of hydrogen-bond donors (Lipinski definition) is 1. The average molecular weight is 566 g/mol. The number of amides is 2. The van der Waals surface area contributed by atoms with E-state index >= 15 is 0 Å². The van der Waals surface area contributed by atoms with Gasteiger partial charge in [0.05, 0.1) is 17.7 Å². The van der Waals surface area contributed by atoms with Crippen LogP contribution in [0.1, 0.15) is 38.8 Å². The molecule has 0 fully saturated rings. The summed E-state index contributed by atoms with van der Waals surface area (Å²) in [6.07, 6.45) is 0.578. The quantitative estimate of drug-likeness (QED) is 0.326. The lowest BCUT2D eigenvalue weighted by Gasteiger charge is -2.32. The lowest BCUT2D eigenvalue weighted by atomic mass is 10.1. The Labute approximate surface area is 238 Å². The number of anilines is 1. The molecular weight excluding hydrogens is 526 g/mol. The van der Waals surface area contributed by atoms with Crippen LogP contribution in [-0.2, 0) is 32.6 Å². The summed E-state index contributed by atoms with van der Waals surface area (Å²) in [6, 6.07) is 21.6. The van der Waals surface area contributed by atoms with Gasteiger partial charge in [-0.05, 0) is 60.7 Å². The largest absolute Gasteiger partial charge is 0.497 e. The Morgan fingerprint density at radius 1 is 0.900 bits per heavy atom. The van der Waals surface area contributed by atoms with Crippen molar-refractivity contribution in [1.82, 2.24) is 10.2 Å². The Morgan fingerprint density at radius 2 is 1.52 bits per heavy atom. The predicted molar refractivity (Wildman–Crippen MR) is 158 cm³/mol. The van der Waals surface area contributed by atoms with Crippen LogP contribution < -0.4 is 14.4 Å². The summed E-state index contributed by atoms with van der Waals surface area (Å²) in [5, 5.41) is 2.90. The normalized spacial score (nSPS) is 12.1. The molecule has 0 heterocycles. The first-order chi connectivity index (χ1) is 19.1. The zero-order valence-electron chi connectivity index (χ0n) is 23.8. The number of hydrogen-bond acceptors (Lipinski definition) is 5. The Balaban J connectivity index is 2.03. The van der Waals surface area contributed by atoms with Crippen LogP contribution in [0.3, 0.4) is 0 Å². The number of sulfonamides is 1. The zero-order chi connectivity index (χ0) is 29.3. The van der Waals surface area contributed by atoms with Crippen LogP contribution >= 0.6 is 0 Å². The molecule has 0 spiro atoms. The molecule has 0 unspecified atom stereocenters. The maximum Gasteiger partial charge on any atom is 0.264 e. The van der Waals surface area contributed by atoms with Crippen LogP contribution in [0.5, 0.6) is 5.75 Å². The molecule has 0 radical (unpaired) electrons. The third kappa shape index (κ3) is 7.63. The van der Waals surface area contributed by atoms with Crippen molar-refractivity contribution in [3.05, 3.63) is 90.0 Å². The van der Waals surface area contributed by atoms with E-state index in [4.69, 9.17) is 4.74 Å². The molecule has 0 aliphatic carbocycles. The highest BCUT2D eigenvalue weighted by Gasteiger charge is 2.33. The minimum Gasteiger partial charge on any atom is -0.497 e. The van der Waals surface area contributed by atoms with Gasteiger partial charge in [0, 0.05) is 13.1 Å². The van der Waals surface area contributed by atoms with Gasteiger partial charge in [0.2, 0.25) is 11.8 Å². The van der Waals surface area contributed by atoms with Gasteiger partial charge in [0.1, 0.15) is 18.3 Å². The summed E-state index contributed by atoms with van der Waals surface area (Å²) in [7, 11) is -2.52. The molecule has 1 atom stereocenters. The van der Waals surface area contributed by atoms with Gasteiger partial charge in [-0.2, -0.15) is 0 Å². The van der Waals surface area contributed by atoms with E-state index in [9.17, 15) is 18.0 Å². The fraction of sp³-hybridized carbons (Fsp3) is 0.355. The Morgan fingerprint density at radius 3 is 2.12 bits per heavy atom. The van der Waals surface area contributed by atoms with E-state index in [0.29, 0.717) is 24.4 Å². The van der Waals surface area contributed by atoms with Crippen molar-refractivity contribution >= 4 is 27.5 Å². The monoisotopic (exact) mass is 565 g/mol. The zero-order valence-corrected chi connectivity index (χ0v) is 24.6. The summed E-state index contributed by atoms with van der Waals surface area (Å²) in [5.74, 6) is 0.106. The van der Waals surface area contributed by atoms with E-state index in [1.807, 2.05) is 45.0 Å². The number of aryl methyl sites for hydroxylation is 1. The summed E-state index contributed by atoms with van der Waals surface area (Å²) >= 11 is 0. The molecule has 3 aromatic carbocycles. The van der Waals surface area contributed by atoms with E-state index < -0.39 is 28.5 Å². The Kier molecular flexibility index (Phi) is 10.7. The van der Waals surface area contributed by atoms with Crippen LogP contribution in [-0.4, -0.2) is 51.4 Å². The van der Waals surface area contributed by atoms with Crippen LogP contribution in [0.4, 0.5) is 5.69 Å². The highest BCUT2D eigenvalue weighted by atomic mass is 32.2. The highest BCUT2D eigenvalue weighted by Crippen LogP contribution is 2.28. The van der Waals surface area contributed by atoms with Gasteiger partial charge in [-0.15, -0.1) is 0 Å². The smallest absolute Gasteiger partial charge is 0.264 e. The van der Waals surface area contributed by atoms with Crippen molar-refractivity contribution in [3.8, 4) is 5.75 Å². The van der Waals surface area contributed by atoms with Crippen LogP contribution in [0, 0.1) is 5.92 Å². The molecule has 0 aromatic heterocycles. The van der Waals surface area contributed by atoms with Crippen LogP contribution in [0.15, 0.2) is 83.8 Å². The molecule has 1 N–H and O–H groups in total. The van der Waals surface area contributed by atoms with Gasteiger partial charge in [0.15, 0.2) is 0 Å². The standard InChI is InChI=1S/C31H39N3O5S/c1-6-26-12-10-11-15-29(26)34(40(37,38)28-13-8-7-9-14-28)22-30(35)33(24(4)31(36)32-20-23(2)3)21-25-16-18-27(39-5)19-17-25/h7-19,23-24H,6,20-22H2,1-5H3,(H,32,36)/t24-/m1/s1. The number of nitrogens with one attached hydrogen (secondary N) is 1. The third-order valence-corrected chi connectivity index (χ3v) is 8.39. The predicted octanol–water partition coefficient (Wildman–Crippen LogP) is 4.64. The highest BCUT2D eigenvalue weighted by molar-refractivity contribution is 7.92. The van der Waals surface area contributed by atoms with Gasteiger partial charge in [-0.3, -0.25) is 13.9 Å². The van der Waals surface area contributed by atoms with Gasteiger partial charge in [-0.25, -0.2) is 8.42 Å². The van der Waals surface area contributed by atoms with E-state index in [0.717, 1.165) is 15.4 Å². The topological polar surface area (TPSA) is 96.0 Å². The van der Waals surface area contributed by atoms with Crippen molar-refractivity contribution in [1.29, 1.82) is 0 Å². The van der Waals surface area contributed by atoms with E-state index in [1.54, 1.807) is 56.5 Å². The molecule has 0 saturated heterocycles. The molecular formula is C31H39N3O5S.